The van der Waals surface area contributed by atoms with Gasteiger partial charge in [-0.05, 0) is 31.0 Å². The normalized spacial score (nSPS) is 24.2. The fourth-order valence-corrected chi connectivity index (χ4v) is 4.11. The maximum atomic E-state index is 12.7. The molecule has 8 nitrogen and oxygen atoms in total. The number of benzene rings is 1. The number of likely N-dealkylation sites (tertiary alicyclic amines) is 1. The molecular formula is C16H22N4O4S. The molecule has 2 aliphatic heterocycles. The number of nitrogens with zero attached hydrogens (tertiary/aromatic N) is 2. The number of nitrogens with two attached hydrogens (primary N) is 2. The molecule has 2 fully saturated rings. The van der Waals surface area contributed by atoms with Gasteiger partial charge >= 0.3 is 0 Å². The van der Waals surface area contributed by atoms with Crippen LogP contribution in [-0.2, 0) is 19.6 Å². The third kappa shape index (κ3) is 3.53. The maximum Gasteiger partial charge on any atom is 0.238 e. The Labute approximate surface area is 146 Å². The summed E-state index contributed by atoms with van der Waals surface area (Å²) in [5.74, 6) is -0.683. The lowest BCUT2D eigenvalue weighted by atomic mass is 10.1. The molecule has 2 atom stereocenters. The number of sulfonamides is 1. The van der Waals surface area contributed by atoms with Crippen LogP contribution in [0.4, 0.5) is 5.69 Å². The van der Waals surface area contributed by atoms with E-state index in [-0.39, 0.29) is 35.7 Å². The molecule has 4 N–H and O–H groups in total. The Bertz CT molecular complexity index is 795. The van der Waals surface area contributed by atoms with E-state index in [2.05, 4.69) is 0 Å². The van der Waals surface area contributed by atoms with E-state index < -0.39 is 15.9 Å². The lowest BCUT2D eigenvalue weighted by Crippen LogP contribution is -2.43. The van der Waals surface area contributed by atoms with Crippen molar-refractivity contribution >= 4 is 27.5 Å². The van der Waals surface area contributed by atoms with Crippen molar-refractivity contribution in [1.29, 1.82) is 0 Å². The number of amides is 2. The molecule has 0 spiro atoms. The number of carbonyl (C=O) groups is 2. The molecule has 0 aliphatic carbocycles. The first-order valence-corrected chi connectivity index (χ1v) is 9.79. The second kappa shape index (κ2) is 6.74. The number of hydrogen-bond donors (Lipinski definition) is 2. The summed E-state index contributed by atoms with van der Waals surface area (Å²) in [5.41, 5.74) is 6.16. The van der Waals surface area contributed by atoms with Crippen LogP contribution in [-0.4, -0.2) is 50.8 Å². The Morgan fingerprint density at radius 1 is 1.32 bits per heavy atom. The van der Waals surface area contributed by atoms with Crippen LogP contribution in [0.1, 0.15) is 19.3 Å². The zero-order chi connectivity index (χ0) is 18.2. The maximum absolute atomic E-state index is 12.7. The monoisotopic (exact) mass is 366 g/mol. The fourth-order valence-electron chi connectivity index (χ4n) is 3.56. The van der Waals surface area contributed by atoms with E-state index in [1.54, 1.807) is 11.0 Å². The first kappa shape index (κ1) is 17.8. The van der Waals surface area contributed by atoms with Crippen molar-refractivity contribution in [3.05, 3.63) is 24.3 Å². The highest BCUT2D eigenvalue weighted by Crippen LogP contribution is 2.29. The molecule has 136 valence electrons. The van der Waals surface area contributed by atoms with E-state index in [0.717, 1.165) is 12.8 Å². The number of carbonyl (C=O) groups excluding carboxylic acids is 2. The Hall–Kier alpha value is -1.97. The summed E-state index contributed by atoms with van der Waals surface area (Å²) in [5, 5.41) is 5.14. The molecule has 1 aromatic carbocycles. The molecular weight excluding hydrogens is 344 g/mol. The van der Waals surface area contributed by atoms with Crippen molar-refractivity contribution in [3.8, 4) is 0 Å². The van der Waals surface area contributed by atoms with Crippen LogP contribution < -0.4 is 15.8 Å². The fraction of sp³-hybridized carbons (Fsp3) is 0.500. The summed E-state index contributed by atoms with van der Waals surface area (Å²) in [6, 6.07) is 5.94. The number of rotatable bonds is 4. The molecule has 0 saturated carbocycles. The smallest absolute Gasteiger partial charge is 0.238 e. The Kier molecular flexibility index (Phi) is 4.81. The van der Waals surface area contributed by atoms with Gasteiger partial charge in [0.2, 0.25) is 21.8 Å². The van der Waals surface area contributed by atoms with E-state index in [1.807, 2.05) is 0 Å². The molecule has 2 unspecified atom stereocenters. The zero-order valence-electron chi connectivity index (χ0n) is 13.8. The van der Waals surface area contributed by atoms with Gasteiger partial charge in [-0.2, -0.15) is 0 Å². The first-order chi connectivity index (χ1) is 11.8. The van der Waals surface area contributed by atoms with Gasteiger partial charge in [0.1, 0.15) is 0 Å². The SMILES string of the molecule is NCC1CCCN1C(=O)C1CC(=O)N(c2cccc(S(N)(=O)=O)c2)C1. The van der Waals surface area contributed by atoms with E-state index in [9.17, 15) is 18.0 Å². The average molecular weight is 366 g/mol. The molecule has 3 rings (SSSR count). The molecule has 0 bridgehead atoms. The van der Waals surface area contributed by atoms with Crippen LogP contribution >= 0.6 is 0 Å². The van der Waals surface area contributed by atoms with Gasteiger partial charge < -0.3 is 15.5 Å². The lowest BCUT2D eigenvalue weighted by molar-refractivity contribution is -0.136. The van der Waals surface area contributed by atoms with Gasteiger partial charge in [-0.25, -0.2) is 13.6 Å². The lowest BCUT2D eigenvalue weighted by Gasteiger charge is -2.26. The molecule has 2 amide bonds. The standard InChI is InChI=1S/C16H22N4O4S/c17-9-13-4-2-6-19(13)16(22)11-7-15(21)20(10-11)12-3-1-5-14(8-12)25(18,23)24/h1,3,5,8,11,13H,2,4,6-7,9-10,17H2,(H2,18,23,24). The van der Waals surface area contributed by atoms with Gasteiger partial charge in [-0.15, -0.1) is 0 Å². The third-order valence-electron chi connectivity index (χ3n) is 4.86. The van der Waals surface area contributed by atoms with E-state index in [4.69, 9.17) is 10.9 Å². The summed E-state index contributed by atoms with van der Waals surface area (Å²) in [7, 11) is -3.85. The number of hydrogen-bond acceptors (Lipinski definition) is 5. The molecule has 0 aromatic heterocycles. The van der Waals surface area contributed by atoms with Crippen molar-refractivity contribution < 1.29 is 18.0 Å². The second-order valence-corrected chi connectivity index (χ2v) is 8.07. The van der Waals surface area contributed by atoms with Gasteiger partial charge in [0.25, 0.3) is 0 Å². The van der Waals surface area contributed by atoms with Crippen LogP contribution in [0.15, 0.2) is 29.2 Å². The number of primary sulfonamides is 1. The Morgan fingerprint density at radius 2 is 2.08 bits per heavy atom. The van der Waals surface area contributed by atoms with E-state index >= 15 is 0 Å². The summed E-state index contributed by atoms with van der Waals surface area (Å²) >= 11 is 0. The minimum atomic E-state index is -3.85. The zero-order valence-corrected chi connectivity index (χ0v) is 14.6. The van der Waals surface area contributed by atoms with Crippen LogP contribution in [0, 0.1) is 5.92 Å². The molecule has 0 radical (unpaired) electrons. The molecule has 25 heavy (non-hydrogen) atoms. The quantitative estimate of drug-likeness (QED) is 0.752. The van der Waals surface area contributed by atoms with Gasteiger partial charge in [0.15, 0.2) is 0 Å². The van der Waals surface area contributed by atoms with E-state index in [0.29, 0.717) is 18.8 Å². The van der Waals surface area contributed by atoms with Crippen LogP contribution in [0.5, 0.6) is 0 Å². The summed E-state index contributed by atoms with van der Waals surface area (Å²) in [6.45, 7) is 1.33. The first-order valence-electron chi connectivity index (χ1n) is 8.25. The van der Waals surface area contributed by atoms with Gasteiger partial charge in [-0.1, -0.05) is 6.07 Å². The highest BCUT2D eigenvalue weighted by molar-refractivity contribution is 7.89. The minimum Gasteiger partial charge on any atom is -0.338 e. The number of anilines is 1. The molecule has 2 aliphatic rings. The highest BCUT2D eigenvalue weighted by Gasteiger charge is 2.40. The average Bonchev–Trinajstić information content (AvgIpc) is 3.20. The Morgan fingerprint density at radius 3 is 2.76 bits per heavy atom. The Balaban J connectivity index is 1.78. The van der Waals surface area contributed by atoms with E-state index in [1.165, 1.54) is 23.1 Å². The predicted molar refractivity (Wildman–Crippen MR) is 92.1 cm³/mol. The molecule has 9 heteroatoms. The van der Waals surface area contributed by atoms with Crippen molar-refractivity contribution in [2.45, 2.75) is 30.2 Å². The predicted octanol–water partition coefficient (Wildman–Crippen LogP) is -0.363. The highest BCUT2D eigenvalue weighted by atomic mass is 32.2. The summed E-state index contributed by atoms with van der Waals surface area (Å²) in [6.07, 6.45) is 1.93. The van der Waals surface area contributed by atoms with Crippen molar-refractivity contribution in [3.63, 3.8) is 0 Å². The molecule has 1 aromatic rings. The van der Waals surface area contributed by atoms with Crippen LogP contribution in [0.25, 0.3) is 0 Å². The molecule has 2 saturated heterocycles. The largest absolute Gasteiger partial charge is 0.338 e. The van der Waals surface area contributed by atoms with Gasteiger partial charge in [0.05, 0.1) is 10.8 Å². The van der Waals surface area contributed by atoms with Crippen molar-refractivity contribution in [1.82, 2.24) is 4.90 Å². The van der Waals surface area contributed by atoms with Crippen LogP contribution in [0.2, 0.25) is 0 Å². The van der Waals surface area contributed by atoms with Gasteiger partial charge in [-0.3, -0.25) is 9.59 Å². The topological polar surface area (TPSA) is 127 Å². The third-order valence-corrected chi connectivity index (χ3v) is 5.78. The van der Waals surface area contributed by atoms with Gasteiger partial charge in [0, 0.05) is 37.8 Å². The van der Waals surface area contributed by atoms with Crippen molar-refractivity contribution in [2.24, 2.45) is 16.8 Å². The molecule has 2 heterocycles. The minimum absolute atomic E-state index is 0.0439. The van der Waals surface area contributed by atoms with Crippen LogP contribution in [0.3, 0.4) is 0 Å². The van der Waals surface area contributed by atoms with Crippen molar-refractivity contribution in [2.75, 3.05) is 24.5 Å². The summed E-state index contributed by atoms with van der Waals surface area (Å²) < 4.78 is 23.0. The summed E-state index contributed by atoms with van der Waals surface area (Å²) in [4.78, 5) is 28.3. The second-order valence-electron chi connectivity index (χ2n) is 6.51.